The van der Waals surface area contributed by atoms with Crippen LogP contribution in [0.5, 0.6) is 11.5 Å². The molecule has 0 radical (unpaired) electrons. The Morgan fingerprint density at radius 1 is 1.33 bits per heavy atom. The summed E-state index contributed by atoms with van der Waals surface area (Å²) in [5, 5.41) is 0.566. The Hall–Kier alpha value is -1.93. The topological polar surface area (TPSA) is 60.6 Å². The molecule has 0 spiro atoms. The van der Waals surface area contributed by atoms with Crippen molar-refractivity contribution >= 4 is 16.5 Å². The number of anilines is 1. The summed E-state index contributed by atoms with van der Waals surface area (Å²) in [7, 11) is 1.44. The fourth-order valence-electron chi connectivity index (χ4n) is 2.59. The molecular formula is C16H19F2N3O2S. The predicted molar refractivity (Wildman–Crippen MR) is 88.4 cm³/mol. The van der Waals surface area contributed by atoms with Gasteiger partial charge in [-0.3, -0.25) is 4.90 Å². The first kappa shape index (κ1) is 16.9. The first-order valence-electron chi connectivity index (χ1n) is 7.61. The molecule has 1 heterocycles. The molecule has 0 bridgehead atoms. The van der Waals surface area contributed by atoms with Crippen molar-refractivity contribution in [1.82, 2.24) is 9.88 Å². The molecule has 0 aliphatic heterocycles. The number of ether oxygens (including phenoxy) is 2. The Bertz CT molecular complexity index is 692. The zero-order chi connectivity index (χ0) is 17.1. The third kappa shape index (κ3) is 4.33. The highest BCUT2D eigenvalue weighted by molar-refractivity contribution is 7.15. The van der Waals surface area contributed by atoms with Crippen molar-refractivity contribution in [3.05, 3.63) is 34.8 Å². The Kier molecular flexibility index (Phi) is 5.15. The molecule has 0 unspecified atom stereocenters. The normalized spacial score (nSPS) is 14.4. The van der Waals surface area contributed by atoms with Crippen molar-refractivity contribution in [2.75, 3.05) is 12.8 Å². The van der Waals surface area contributed by atoms with Gasteiger partial charge in [0.1, 0.15) is 0 Å². The van der Waals surface area contributed by atoms with Gasteiger partial charge in [0, 0.05) is 30.2 Å². The molecule has 130 valence electrons. The minimum Gasteiger partial charge on any atom is -0.493 e. The smallest absolute Gasteiger partial charge is 0.387 e. The lowest BCUT2D eigenvalue weighted by molar-refractivity contribution is -0.0512. The van der Waals surface area contributed by atoms with E-state index in [0.29, 0.717) is 23.5 Å². The largest absolute Gasteiger partial charge is 0.493 e. The Labute approximate surface area is 143 Å². The second-order valence-corrected chi connectivity index (χ2v) is 6.81. The Morgan fingerprint density at radius 3 is 2.71 bits per heavy atom. The quantitative estimate of drug-likeness (QED) is 0.785. The van der Waals surface area contributed by atoms with Gasteiger partial charge in [-0.05, 0) is 30.5 Å². The number of hydrogen-bond acceptors (Lipinski definition) is 6. The molecule has 3 rings (SSSR count). The standard InChI is InChI=1S/C16H19F2N3O2S/c1-22-14-6-10(2-5-13(14)23-15(17)18)8-21(11-3-4-11)9-12-7-20-16(19)24-12/h2,5-7,11,15H,3-4,8-9H2,1H3,(H2,19,20). The molecule has 2 aromatic rings. The van der Waals surface area contributed by atoms with E-state index in [1.807, 2.05) is 0 Å². The van der Waals surface area contributed by atoms with Gasteiger partial charge < -0.3 is 15.2 Å². The number of thiazole rings is 1. The van der Waals surface area contributed by atoms with Gasteiger partial charge in [-0.1, -0.05) is 6.07 Å². The molecule has 1 aliphatic carbocycles. The molecule has 1 aliphatic rings. The second-order valence-electron chi connectivity index (χ2n) is 5.66. The maximum Gasteiger partial charge on any atom is 0.387 e. The number of hydrogen-bond donors (Lipinski definition) is 1. The number of alkyl halides is 2. The van der Waals surface area contributed by atoms with E-state index in [-0.39, 0.29) is 5.75 Å². The van der Waals surface area contributed by atoms with Gasteiger partial charge in [-0.15, -0.1) is 11.3 Å². The lowest BCUT2D eigenvalue weighted by Crippen LogP contribution is -2.24. The molecule has 24 heavy (non-hydrogen) atoms. The molecule has 0 saturated heterocycles. The maximum absolute atomic E-state index is 12.4. The van der Waals surface area contributed by atoms with Crippen molar-refractivity contribution in [3.63, 3.8) is 0 Å². The number of halogens is 2. The van der Waals surface area contributed by atoms with Crippen LogP contribution >= 0.6 is 11.3 Å². The van der Waals surface area contributed by atoms with Gasteiger partial charge in [0.2, 0.25) is 0 Å². The van der Waals surface area contributed by atoms with Crippen LogP contribution in [0.4, 0.5) is 13.9 Å². The van der Waals surface area contributed by atoms with Crippen LogP contribution in [0.25, 0.3) is 0 Å². The number of nitrogen functional groups attached to an aromatic ring is 1. The molecule has 2 N–H and O–H groups in total. The van der Waals surface area contributed by atoms with Gasteiger partial charge in [0.25, 0.3) is 0 Å². The summed E-state index contributed by atoms with van der Waals surface area (Å²) in [6, 6.07) is 5.59. The summed E-state index contributed by atoms with van der Waals surface area (Å²) in [5.41, 5.74) is 6.67. The molecule has 0 amide bonds. The summed E-state index contributed by atoms with van der Waals surface area (Å²) in [6.07, 6.45) is 4.13. The number of benzene rings is 1. The fourth-order valence-corrected chi connectivity index (χ4v) is 3.30. The van der Waals surface area contributed by atoms with Crippen LogP contribution in [-0.4, -0.2) is 29.6 Å². The van der Waals surface area contributed by atoms with E-state index < -0.39 is 6.61 Å². The number of methoxy groups -OCH3 is 1. The minimum absolute atomic E-state index is 0.0458. The van der Waals surface area contributed by atoms with Gasteiger partial charge >= 0.3 is 6.61 Å². The highest BCUT2D eigenvalue weighted by atomic mass is 32.1. The number of aromatic nitrogens is 1. The molecular weight excluding hydrogens is 336 g/mol. The van der Waals surface area contributed by atoms with Crippen LogP contribution in [0, 0.1) is 0 Å². The molecule has 1 aromatic heterocycles. The lowest BCUT2D eigenvalue weighted by Gasteiger charge is -2.22. The fraction of sp³-hybridized carbons (Fsp3) is 0.438. The molecule has 5 nitrogen and oxygen atoms in total. The third-order valence-corrected chi connectivity index (χ3v) is 4.63. The molecule has 1 aromatic carbocycles. The highest BCUT2D eigenvalue weighted by Crippen LogP contribution is 2.34. The molecule has 0 atom stereocenters. The Morgan fingerprint density at radius 2 is 2.12 bits per heavy atom. The van der Waals surface area contributed by atoms with E-state index in [0.717, 1.165) is 29.8 Å². The van der Waals surface area contributed by atoms with Crippen LogP contribution in [0.1, 0.15) is 23.3 Å². The third-order valence-electron chi connectivity index (χ3n) is 3.82. The van der Waals surface area contributed by atoms with Gasteiger partial charge in [-0.2, -0.15) is 8.78 Å². The average molecular weight is 355 g/mol. The first-order valence-corrected chi connectivity index (χ1v) is 8.42. The van der Waals surface area contributed by atoms with Gasteiger partial charge in [0.15, 0.2) is 16.6 Å². The molecule has 1 fully saturated rings. The number of rotatable bonds is 8. The van der Waals surface area contributed by atoms with Crippen LogP contribution in [0.2, 0.25) is 0 Å². The lowest BCUT2D eigenvalue weighted by atomic mass is 10.2. The monoisotopic (exact) mass is 355 g/mol. The van der Waals surface area contributed by atoms with Crippen LogP contribution in [0.15, 0.2) is 24.4 Å². The van der Waals surface area contributed by atoms with Gasteiger partial charge in [-0.25, -0.2) is 4.98 Å². The zero-order valence-corrected chi connectivity index (χ0v) is 14.1. The summed E-state index contributed by atoms with van der Waals surface area (Å²) in [4.78, 5) is 7.54. The maximum atomic E-state index is 12.4. The SMILES string of the molecule is COc1cc(CN(Cc2cnc(N)s2)C2CC2)ccc1OC(F)F. The highest BCUT2D eigenvalue weighted by Gasteiger charge is 2.29. The van der Waals surface area contributed by atoms with Crippen molar-refractivity contribution in [3.8, 4) is 11.5 Å². The molecule has 1 saturated carbocycles. The van der Waals surface area contributed by atoms with Crippen LogP contribution in [-0.2, 0) is 13.1 Å². The Balaban J connectivity index is 1.72. The van der Waals surface area contributed by atoms with E-state index in [1.54, 1.807) is 18.3 Å². The van der Waals surface area contributed by atoms with Crippen LogP contribution < -0.4 is 15.2 Å². The van der Waals surface area contributed by atoms with E-state index in [9.17, 15) is 8.78 Å². The minimum atomic E-state index is -2.87. The summed E-state index contributed by atoms with van der Waals surface area (Å²) in [5.74, 6) is 0.357. The predicted octanol–water partition coefficient (Wildman–Crippen LogP) is 3.50. The molecule has 8 heteroatoms. The first-order chi connectivity index (χ1) is 11.5. The van der Waals surface area contributed by atoms with Crippen molar-refractivity contribution in [2.45, 2.75) is 38.6 Å². The summed E-state index contributed by atoms with van der Waals surface area (Å²) >= 11 is 1.49. The number of nitrogens with two attached hydrogens (primary N) is 1. The van der Waals surface area contributed by atoms with Gasteiger partial charge in [0.05, 0.1) is 7.11 Å². The summed E-state index contributed by atoms with van der Waals surface area (Å²) in [6.45, 7) is -1.39. The average Bonchev–Trinajstić information content (AvgIpc) is 3.31. The zero-order valence-electron chi connectivity index (χ0n) is 13.2. The van der Waals surface area contributed by atoms with Crippen molar-refractivity contribution in [2.24, 2.45) is 0 Å². The second kappa shape index (κ2) is 7.31. The van der Waals surface area contributed by atoms with E-state index in [2.05, 4.69) is 14.6 Å². The number of nitrogens with zero attached hydrogens (tertiary/aromatic N) is 2. The summed E-state index contributed by atoms with van der Waals surface area (Å²) < 4.78 is 34.4. The van der Waals surface area contributed by atoms with Crippen LogP contribution in [0.3, 0.4) is 0 Å². The van der Waals surface area contributed by atoms with Crippen molar-refractivity contribution < 1.29 is 18.3 Å². The van der Waals surface area contributed by atoms with E-state index in [4.69, 9.17) is 10.5 Å². The van der Waals surface area contributed by atoms with E-state index in [1.165, 1.54) is 24.5 Å². The van der Waals surface area contributed by atoms with E-state index >= 15 is 0 Å². The van der Waals surface area contributed by atoms with Crippen molar-refractivity contribution in [1.29, 1.82) is 0 Å².